The van der Waals surface area contributed by atoms with Gasteiger partial charge in [0.15, 0.2) is 17.5 Å². The van der Waals surface area contributed by atoms with Gasteiger partial charge in [-0.2, -0.15) is 0 Å². The highest BCUT2D eigenvalue weighted by Crippen LogP contribution is 2.48. The van der Waals surface area contributed by atoms with Gasteiger partial charge in [-0.15, -0.1) is 11.3 Å². The van der Waals surface area contributed by atoms with Crippen molar-refractivity contribution in [2.45, 2.75) is 6.92 Å². The maximum atomic E-state index is 12.3. The van der Waals surface area contributed by atoms with Crippen LogP contribution < -0.4 is 14.8 Å². The van der Waals surface area contributed by atoms with Crippen LogP contribution in [0.25, 0.3) is 11.3 Å². The van der Waals surface area contributed by atoms with E-state index in [4.69, 9.17) is 67.5 Å². The number of amides is 1. The average Bonchev–Trinajstić information content (AvgIpc) is 3.19. The molecule has 0 aliphatic carbocycles. The summed E-state index contributed by atoms with van der Waals surface area (Å²) >= 11 is 31.4. The number of benzene rings is 2. The third kappa shape index (κ3) is 5.07. The van der Waals surface area contributed by atoms with Crippen LogP contribution in [0.4, 0.5) is 5.13 Å². The molecule has 3 rings (SSSR count). The molecule has 0 aliphatic rings. The van der Waals surface area contributed by atoms with Crippen molar-refractivity contribution in [3.05, 3.63) is 54.8 Å². The van der Waals surface area contributed by atoms with Gasteiger partial charge in [-0.25, -0.2) is 4.98 Å². The molecule has 11 heteroatoms. The molecule has 158 valence electrons. The minimum Gasteiger partial charge on any atom is -0.493 e. The normalized spacial score (nSPS) is 10.7. The number of hydrogen-bond acceptors (Lipinski definition) is 5. The summed E-state index contributed by atoms with van der Waals surface area (Å²) in [5.74, 6) is 0.217. The summed E-state index contributed by atoms with van der Waals surface area (Å²) in [5, 5.41) is 4.79. The largest absolute Gasteiger partial charge is 0.493 e. The molecule has 0 saturated heterocycles. The third-order valence-corrected chi connectivity index (χ3v) is 6.73. The van der Waals surface area contributed by atoms with Gasteiger partial charge in [-0.05, 0) is 19.1 Å². The van der Waals surface area contributed by atoms with Crippen LogP contribution in [0.1, 0.15) is 6.92 Å². The Hall–Kier alpha value is -1.41. The fourth-order valence-electron chi connectivity index (χ4n) is 2.42. The second kappa shape index (κ2) is 10.3. The maximum Gasteiger partial charge on any atom is 0.264 e. The molecule has 5 nitrogen and oxygen atoms in total. The zero-order valence-corrected chi connectivity index (χ0v) is 19.9. The molecule has 0 bridgehead atoms. The number of carbonyl (C=O) groups excluding carboxylic acids is 1. The first-order valence-corrected chi connectivity index (χ1v) is 11.2. The number of carbonyl (C=O) groups is 1. The summed E-state index contributed by atoms with van der Waals surface area (Å²) in [6, 6.07) is 7.53. The Labute approximate surface area is 201 Å². The molecule has 0 radical (unpaired) electrons. The first-order valence-electron chi connectivity index (χ1n) is 8.45. The molecule has 0 saturated carbocycles. The van der Waals surface area contributed by atoms with E-state index in [0.717, 1.165) is 5.56 Å². The number of para-hydroxylation sites is 1. The smallest absolute Gasteiger partial charge is 0.264 e. The van der Waals surface area contributed by atoms with Crippen molar-refractivity contribution >= 4 is 80.4 Å². The molecule has 1 heterocycles. The van der Waals surface area contributed by atoms with Crippen molar-refractivity contribution in [1.29, 1.82) is 0 Å². The fourth-order valence-corrected chi connectivity index (χ4v) is 4.38. The lowest BCUT2D eigenvalue weighted by atomic mass is 10.1. The molecule has 0 aliphatic heterocycles. The number of anilines is 1. The van der Waals surface area contributed by atoms with E-state index in [9.17, 15) is 4.79 Å². The first kappa shape index (κ1) is 23.3. The predicted molar refractivity (Wildman–Crippen MR) is 124 cm³/mol. The van der Waals surface area contributed by atoms with Crippen LogP contribution in [-0.4, -0.2) is 24.1 Å². The van der Waals surface area contributed by atoms with Crippen LogP contribution in [0, 0.1) is 0 Å². The topological polar surface area (TPSA) is 60.5 Å². The van der Waals surface area contributed by atoms with Crippen molar-refractivity contribution in [2.24, 2.45) is 0 Å². The molecule has 1 N–H and O–H groups in total. The van der Waals surface area contributed by atoms with Gasteiger partial charge in [0.1, 0.15) is 15.8 Å². The molecule has 0 unspecified atom stereocenters. The SMILES string of the molecule is CCOc1ccccc1-c1csc(NC(=O)COc2c(Cl)c(Cl)c(Cl)c(Cl)c2Cl)n1. The van der Waals surface area contributed by atoms with Gasteiger partial charge in [0.2, 0.25) is 0 Å². The van der Waals surface area contributed by atoms with E-state index in [1.165, 1.54) is 11.3 Å². The summed E-state index contributed by atoms with van der Waals surface area (Å²) in [4.78, 5) is 16.7. The summed E-state index contributed by atoms with van der Waals surface area (Å²) in [5.41, 5.74) is 1.51. The number of halogens is 5. The van der Waals surface area contributed by atoms with Crippen LogP contribution in [-0.2, 0) is 4.79 Å². The van der Waals surface area contributed by atoms with Crippen molar-refractivity contribution < 1.29 is 14.3 Å². The highest BCUT2D eigenvalue weighted by molar-refractivity contribution is 7.14. The van der Waals surface area contributed by atoms with Crippen molar-refractivity contribution in [3.8, 4) is 22.8 Å². The molecular weight excluding hydrogens is 514 g/mol. The second-order valence-electron chi connectivity index (χ2n) is 5.70. The zero-order chi connectivity index (χ0) is 21.8. The van der Waals surface area contributed by atoms with Crippen molar-refractivity contribution in [1.82, 2.24) is 4.98 Å². The Bertz CT molecular complexity index is 1060. The Morgan fingerprint density at radius 3 is 2.30 bits per heavy atom. The van der Waals surface area contributed by atoms with Gasteiger partial charge >= 0.3 is 0 Å². The molecule has 0 atom stereocenters. The average molecular weight is 527 g/mol. The fraction of sp³-hybridized carbons (Fsp3) is 0.158. The minimum atomic E-state index is -0.469. The van der Waals surface area contributed by atoms with E-state index in [1.807, 2.05) is 36.6 Å². The number of thiazole rings is 1. The lowest BCUT2D eigenvalue weighted by Crippen LogP contribution is -2.20. The lowest BCUT2D eigenvalue weighted by molar-refractivity contribution is -0.118. The molecule has 1 amide bonds. The van der Waals surface area contributed by atoms with Crippen molar-refractivity contribution in [3.63, 3.8) is 0 Å². The minimum absolute atomic E-state index is 0.00721. The number of rotatable bonds is 7. The number of aromatic nitrogens is 1. The standard InChI is InChI=1S/C19H13Cl5N2O3S/c1-2-28-11-6-4-3-5-9(11)10-8-30-19(25-10)26-12(27)7-29-18-16(23)14(21)13(20)15(22)17(18)24/h3-6,8H,2,7H2,1H3,(H,25,26,27). The molecule has 3 aromatic rings. The van der Waals surface area contributed by atoms with Crippen LogP contribution in [0.15, 0.2) is 29.6 Å². The van der Waals surface area contributed by atoms with Gasteiger partial charge in [0.05, 0.1) is 27.4 Å². The number of nitrogens with one attached hydrogen (secondary N) is 1. The molecule has 0 fully saturated rings. The van der Waals surface area contributed by atoms with E-state index in [0.29, 0.717) is 23.2 Å². The van der Waals surface area contributed by atoms with E-state index >= 15 is 0 Å². The Balaban J connectivity index is 1.69. The molecule has 1 aromatic heterocycles. The number of hydrogen-bond donors (Lipinski definition) is 1. The quantitative estimate of drug-likeness (QED) is 0.256. The number of nitrogens with zero attached hydrogens (tertiary/aromatic N) is 1. The van der Waals surface area contributed by atoms with Crippen LogP contribution >= 0.6 is 69.3 Å². The van der Waals surface area contributed by atoms with Gasteiger partial charge in [-0.3, -0.25) is 10.1 Å². The first-order chi connectivity index (χ1) is 14.3. The van der Waals surface area contributed by atoms with Crippen LogP contribution in [0.5, 0.6) is 11.5 Å². The Morgan fingerprint density at radius 2 is 1.63 bits per heavy atom. The second-order valence-corrected chi connectivity index (χ2v) is 8.45. The summed E-state index contributed by atoms with van der Waals surface area (Å²) in [6.45, 7) is 2.05. The summed E-state index contributed by atoms with van der Waals surface area (Å²) in [7, 11) is 0. The van der Waals surface area contributed by atoms with Crippen molar-refractivity contribution in [2.75, 3.05) is 18.5 Å². The van der Waals surface area contributed by atoms with Crippen LogP contribution in [0.2, 0.25) is 25.1 Å². The highest BCUT2D eigenvalue weighted by Gasteiger charge is 2.21. The highest BCUT2D eigenvalue weighted by atomic mass is 35.5. The summed E-state index contributed by atoms with van der Waals surface area (Å²) < 4.78 is 11.0. The molecule has 2 aromatic carbocycles. The van der Waals surface area contributed by atoms with Gasteiger partial charge in [0, 0.05) is 10.9 Å². The molecule has 30 heavy (non-hydrogen) atoms. The Kier molecular flexibility index (Phi) is 7.96. The monoisotopic (exact) mass is 524 g/mol. The number of ether oxygens (including phenoxy) is 2. The summed E-state index contributed by atoms with van der Waals surface area (Å²) in [6.07, 6.45) is 0. The van der Waals surface area contributed by atoms with E-state index < -0.39 is 12.5 Å². The van der Waals surface area contributed by atoms with E-state index in [-0.39, 0.29) is 30.9 Å². The lowest BCUT2D eigenvalue weighted by Gasteiger charge is -2.13. The van der Waals surface area contributed by atoms with E-state index in [1.54, 1.807) is 0 Å². The van der Waals surface area contributed by atoms with Gasteiger partial charge in [-0.1, -0.05) is 70.1 Å². The molecule has 0 spiro atoms. The van der Waals surface area contributed by atoms with Gasteiger partial charge in [0.25, 0.3) is 5.91 Å². The zero-order valence-electron chi connectivity index (χ0n) is 15.3. The van der Waals surface area contributed by atoms with E-state index in [2.05, 4.69) is 10.3 Å². The Morgan fingerprint density at radius 1 is 1.00 bits per heavy atom. The van der Waals surface area contributed by atoms with Gasteiger partial charge < -0.3 is 9.47 Å². The third-order valence-electron chi connectivity index (χ3n) is 3.73. The predicted octanol–water partition coefficient (Wildman–Crippen LogP) is 7.49. The van der Waals surface area contributed by atoms with Crippen LogP contribution in [0.3, 0.4) is 0 Å². The molecular formula is C19H13Cl5N2O3S. The maximum absolute atomic E-state index is 12.3.